The summed E-state index contributed by atoms with van der Waals surface area (Å²) in [5.41, 5.74) is 1.19. The first kappa shape index (κ1) is 23.9. The van der Waals surface area contributed by atoms with Gasteiger partial charge in [0.15, 0.2) is 11.3 Å². The van der Waals surface area contributed by atoms with Crippen LogP contribution in [0.2, 0.25) is 15.1 Å². The molecule has 1 spiro atoms. The van der Waals surface area contributed by atoms with Gasteiger partial charge in [0.25, 0.3) is 11.9 Å². The van der Waals surface area contributed by atoms with Crippen molar-refractivity contribution >= 4 is 46.4 Å². The zero-order valence-corrected chi connectivity index (χ0v) is 20.8. The van der Waals surface area contributed by atoms with Crippen LogP contribution in [0.5, 0.6) is 5.75 Å². The summed E-state index contributed by atoms with van der Waals surface area (Å²) in [5, 5.41) is 16.4. The van der Waals surface area contributed by atoms with Crippen LogP contribution in [0, 0.1) is 10.1 Å². The molecule has 2 heterocycles. The maximum absolute atomic E-state index is 13.2. The topological polar surface area (TPSA) is 84.7 Å². The maximum atomic E-state index is 13.2. The van der Waals surface area contributed by atoms with E-state index in [-0.39, 0.29) is 33.9 Å². The molecule has 7 nitrogen and oxygen atoms in total. The summed E-state index contributed by atoms with van der Waals surface area (Å²) < 4.78 is 5.85. The van der Waals surface area contributed by atoms with E-state index >= 15 is 0 Å². The molecule has 5 rings (SSSR count). The maximum Gasteiger partial charge on any atom is 0.256 e. The van der Waals surface area contributed by atoms with Crippen molar-refractivity contribution in [1.82, 2.24) is 4.90 Å². The van der Waals surface area contributed by atoms with Gasteiger partial charge < -0.3 is 10.1 Å². The molecule has 180 valence electrons. The van der Waals surface area contributed by atoms with Crippen LogP contribution < -0.4 is 10.1 Å². The molecular weight excluding hydrogens is 513 g/mol. The first-order valence-corrected chi connectivity index (χ1v) is 12.0. The third-order valence-corrected chi connectivity index (χ3v) is 7.60. The molecule has 3 aromatic rings. The summed E-state index contributed by atoms with van der Waals surface area (Å²) in [6, 6.07) is 16.3. The van der Waals surface area contributed by atoms with Gasteiger partial charge in [-0.2, -0.15) is 0 Å². The molecule has 3 aromatic carbocycles. The number of hydrogen-bond acceptors (Lipinski definition) is 5. The Morgan fingerprint density at radius 2 is 1.77 bits per heavy atom. The minimum absolute atomic E-state index is 0.222. The van der Waals surface area contributed by atoms with Gasteiger partial charge in [0.2, 0.25) is 0 Å². The monoisotopic (exact) mass is 531 g/mol. The number of rotatable bonds is 5. The van der Waals surface area contributed by atoms with Crippen molar-refractivity contribution in [3.63, 3.8) is 0 Å². The zero-order chi connectivity index (χ0) is 24.9. The van der Waals surface area contributed by atoms with Gasteiger partial charge in [0.05, 0.1) is 16.0 Å². The van der Waals surface area contributed by atoms with Crippen LogP contribution in [0.1, 0.15) is 22.6 Å². The van der Waals surface area contributed by atoms with Crippen LogP contribution in [-0.2, 0) is 16.9 Å². The van der Waals surface area contributed by atoms with E-state index < -0.39 is 23.4 Å². The van der Waals surface area contributed by atoms with Gasteiger partial charge in [0, 0.05) is 27.7 Å². The highest BCUT2D eigenvalue weighted by Gasteiger charge is 2.68. The molecule has 2 aliphatic heterocycles. The Balaban J connectivity index is 1.50. The van der Waals surface area contributed by atoms with Crippen LogP contribution in [0.15, 0.2) is 60.7 Å². The summed E-state index contributed by atoms with van der Waals surface area (Å²) in [7, 11) is 1.73. The van der Waals surface area contributed by atoms with Crippen molar-refractivity contribution in [3.05, 3.63) is 103 Å². The highest BCUT2D eigenvalue weighted by molar-refractivity contribution is 6.37. The van der Waals surface area contributed by atoms with E-state index in [9.17, 15) is 14.9 Å². The highest BCUT2D eigenvalue weighted by atomic mass is 35.5. The highest BCUT2D eigenvalue weighted by Crippen LogP contribution is 2.52. The lowest BCUT2D eigenvalue weighted by Gasteiger charge is -2.30. The summed E-state index contributed by atoms with van der Waals surface area (Å²) >= 11 is 19.0. The molecule has 0 unspecified atom stereocenters. The van der Waals surface area contributed by atoms with E-state index in [1.807, 2.05) is 12.1 Å². The molecule has 1 fully saturated rings. The van der Waals surface area contributed by atoms with Crippen molar-refractivity contribution < 1.29 is 14.5 Å². The van der Waals surface area contributed by atoms with E-state index in [2.05, 4.69) is 5.32 Å². The fourth-order valence-electron chi connectivity index (χ4n) is 5.25. The smallest absolute Gasteiger partial charge is 0.256 e. The number of hydrogen-bond donors (Lipinski definition) is 1. The molecule has 0 saturated carbocycles. The average molecular weight is 533 g/mol. The Bertz CT molecular complexity index is 1310. The summed E-state index contributed by atoms with van der Waals surface area (Å²) in [6.07, 6.45) is 0. The van der Waals surface area contributed by atoms with Gasteiger partial charge in [-0.1, -0.05) is 65.1 Å². The second-order valence-corrected chi connectivity index (χ2v) is 9.96. The molecular formula is C25H20Cl3N3O4. The summed E-state index contributed by atoms with van der Waals surface area (Å²) in [5.74, 6) is -0.757. The SMILES string of the molecule is CN1C[C@H](c2cc(Cl)c(OCc3ccc(Cl)cc3)c(Cl)c2)[C@@H]([N+](=O)[O-])[C@]12C(=O)Nc1ccccc12. The summed E-state index contributed by atoms with van der Waals surface area (Å²) in [4.78, 5) is 27.1. The number of nitrogens with zero attached hydrogens (tertiary/aromatic N) is 2. The van der Waals surface area contributed by atoms with Gasteiger partial charge in [0.1, 0.15) is 6.61 Å². The fourth-order valence-corrected chi connectivity index (χ4v) is 5.99. The van der Waals surface area contributed by atoms with E-state index in [0.29, 0.717) is 21.8 Å². The summed E-state index contributed by atoms with van der Waals surface area (Å²) in [6.45, 7) is 0.491. The van der Waals surface area contributed by atoms with Gasteiger partial charge in [-0.05, 0) is 48.5 Å². The van der Waals surface area contributed by atoms with Gasteiger partial charge in [-0.3, -0.25) is 19.8 Å². The number of ether oxygens (including phenoxy) is 1. The number of benzene rings is 3. The number of halogens is 3. The molecule has 0 radical (unpaired) electrons. The van der Waals surface area contributed by atoms with Crippen molar-refractivity contribution in [2.45, 2.75) is 24.1 Å². The standard InChI is InChI=1S/C25H20Cl3N3O4/c1-30-12-17(23(31(33)34)25(30)18-4-2-3-5-21(18)29-24(25)32)15-10-19(27)22(20(28)11-15)35-13-14-6-8-16(26)9-7-14/h2-11,17,23H,12-13H2,1H3,(H,29,32)/t17-,23-,25-/m1/s1. The molecule has 2 aliphatic rings. The van der Waals surface area contributed by atoms with Crippen LogP contribution in [0.3, 0.4) is 0 Å². The van der Waals surface area contributed by atoms with Crippen LogP contribution >= 0.6 is 34.8 Å². The molecule has 1 amide bonds. The Morgan fingerprint density at radius 1 is 1.11 bits per heavy atom. The lowest BCUT2D eigenvalue weighted by atomic mass is 9.79. The van der Waals surface area contributed by atoms with Gasteiger partial charge in [-0.25, -0.2) is 0 Å². The second-order valence-electron chi connectivity index (χ2n) is 8.71. The minimum Gasteiger partial charge on any atom is -0.486 e. The molecule has 1 N–H and O–H groups in total. The van der Waals surface area contributed by atoms with E-state index in [1.54, 1.807) is 60.5 Å². The van der Waals surface area contributed by atoms with Crippen molar-refractivity contribution in [1.29, 1.82) is 0 Å². The van der Waals surface area contributed by atoms with Crippen LogP contribution in [0.4, 0.5) is 5.69 Å². The number of fused-ring (bicyclic) bond motifs is 2. The normalized spacial score (nSPS) is 23.4. The lowest BCUT2D eigenvalue weighted by Crippen LogP contribution is -2.54. The molecule has 10 heteroatoms. The van der Waals surface area contributed by atoms with E-state index in [4.69, 9.17) is 39.5 Å². The van der Waals surface area contributed by atoms with Crippen molar-refractivity contribution in [3.8, 4) is 5.75 Å². The second kappa shape index (κ2) is 8.99. The Hall–Kier alpha value is -2.84. The van der Waals surface area contributed by atoms with E-state index in [0.717, 1.165) is 5.56 Å². The molecule has 0 aromatic heterocycles. The molecule has 1 saturated heterocycles. The number of likely N-dealkylation sites (N-methyl/N-ethyl adjacent to an activating group) is 1. The molecule has 35 heavy (non-hydrogen) atoms. The predicted octanol–water partition coefficient (Wildman–Crippen LogP) is 5.75. The van der Waals surface area contributed by atoms with Gasteiger partial charge >= 0.3 is 0 Å². The average Bonchev–Trinajstić information content (AvgIpc) is 3.29. The van der Waals surface area contributed by atoms with Crippen molar-refractivity contribution in [2.75, 3.05) is 18.9 Å². The number of carbonyl (C=O) groups is 1. The minimum atomic E-state index is -1.44. The van der Waals surface area contributed by atoms with Crippen LogP contribution in [0.25, 0.3) is 0 Å². The Morgan fingerprint density at radius 3 is 2.43 bits per heavy atom. The number of para-hydroxylation sites is 1. The molecule has 0 bridgehead atoms. The first-order chi connectivity index (χ1) is 16.7. The third-order valence-electron chi connectivity index (χ3n) is 6.79. The Labute approximate surface area is 216 Å². The number of nitrogens with one attached hydrogen (secondary N) is 1. The zero-order valence-electron chi connectivity index (χ0n) is 18.5. The first-order valence-electron chi connectivity index (χ1n) is 10.9. The lowest BCUT2D eigenvalue weighted by molar-refractivity contribution is -0.534. The number of carbonyl (C=O) groups excluding carboxylic acids is 1. The van der Waals surface area contributed by atoms with Gasteiger partial charge in [-0.15, -0.1) is 0 Å². The van der Waals surface area contributed by atoms with E-state index in [1.165, 1.54) is 0 Å². The number of anilines is 1. The third kappa shape index (κ3) is 3.83. The number of nitro groups is 1. The van der Waals surface area contributed by atoms with Crippen LogP contribution in [-0.4, -0.2) is 35.4 Å². The quantitative estimate of drug-likeness (QED) is 0.334. The fraction of sp³-hybridized carbons (Fsp3) is 0.240. The number of likely N-dealkylation sites (tertiary alicyclic amines) is 1. The molecule has 0 aliphatic carbocycles. The largest absolute Gasteiger partial charge is 0.486 e. The van der Waals surface area contributed by atoms with Crippen molar-refractivity contribution in [2.24, 2.45) is 0 Å². The number of amides is 1. The molecule has 3 atom stereocenters. The Kier molecular flexibility index (Phi) is 6.13. The predicted molar refractivity (Wildman–Crippen MR) is 135 cm³/mol.